The van der Waals surface area contributed by atoms with E-state index < -0.39 is 0 Å². The van der Waals surface area contributed by atoms with Crippen molar-refractivity contribution in [2.75, 3.05) is 5.32 Å². The summed E-state index contributed by atoms with van der Waals surface area (Å²) in [7, 11) is 0. The number of fused-ring (bicyclic) bond motifs is 1. The van der Waals surface area contributed by atoms with E-state index in [0.29, 0.717) is 12.0 Å². The van der Waals surface area contributed by atoms with Gasteiger partial charge in [0, 0.05) is 23.8 Å². The summed E-state index contributed by atoms with van der Waals surface area (Å²) >= 11 is 0. The van der Waals surface area contributed by atoms with Crippen molar-refractivity contribution in [2.24, 2.45) is 5.92 Å². The molecule has 8 heteroatoms. The number of halogens is 2. The second-order valence-corrected chi connectivity index (χ2v) is 7.12. The number of hydrogen-bond acceptors (Lipinski definition) is 4. The summed E-state index contributed by atoms with van der Waals surface area (Å²) in [5, 5.41) is 14.8. The predicted molar refractivity (Wildman–Crippen MR) is 112 cm³/mol. The molecule has 0 radical (unpaired) electrons. The van der Waals surface area contributed by atoms with Gasteiger partial charge in [-0.15, -0.1) is 35.0 Å². The molecule has 2 fully saturated rings. The summed E-state index contributed by atoms with van der Waals surface area (Å²) in [5.74, 6) is 1.56. The zero-order valence-electron chi connectivity index (χ0n) is 15.4. The van der Waals surface area contributed by atoms with Crippen LogP contribution in [-0.4, -0.2) is 32.8 Å². The molecule has 2 N–H and O–H groups in total. The molecule has 6 nitrogen and oxygen atoms in total. The third kappa shape index (κ3) is 4.62. The van der Waals surface area contributed by atoms with Gasteiger partial charge in [-0.05, 0) is 44.2 Å². The van der Waals surface area contributed by atoms with Crippen molar-refractivity contribution in [2.45, 2.75) is 57.7 Å². The Bertz CT molecular complexity index is 752. The maximum Gasteiger partial charge on any atom is 0.241 e. The fourth-order valence-corrected chi connectivity index (χ4v) is 4.20. The van der Waals surface area contributed by atoms with Crippen molar-refractivity contribution < 1.29 is 4.79 Å². The van der Waals surface area contributed by atoms with Crippen LogP contribution in [0.25, 0.3) is 11.4 Å². The Morgan fingerprint density at radius 1 is 1.30 bits per heavy atom. The van der Waals surface area contributed by atoms with Gasteiger partial charge in [-0.2, -0.15) is 0 Å². The van der Waals surface area contributed by atoms with E-state index in [1.807, 2.05) is 28.8 Å². The topological polar surface area (TPSA) is 71.8 Å². The number of aromatic nitrogens is 3. The lowest BCUT2D eigenvalue weighted by Crippen LogP contribution is -2.39. The molecule has 148 valence electrons. The van der Waals surface area contributed by atoms with Gasteiger partial charge in [0.1, 0.15) is 6.33 Å². The van der Waals surface area contributed by atoms with Gasteiger partial charge in [0.15, 0.2) is 5.82 Å². The van der Waals surface area contributed by atoms with E-state index in [4.69, 9.17) is 0 Å². The van der Waals surface area contributed by atoms with E-state index in [-0.39, 0.29) is 36.8 Å². The largest absolute Gasteiger partial charge is 0.325 e. The number of benzene rings is 1. The van der Waals surface area contributed by atoms with Crippen LogP contribution in [-0.2, 0) is 11.3 Å². The highest BCUT2D eigenvalue weighted by molar-refractivity contribution is 5.95. The van der Waals surface area contributed by atoms with Crippen LogP contribution < -0.4 is 10.6 Å². The van der Waals surface area contributed by atoms with Crippen molar-refractivity contribution in [3.05, 3.63) is 30.6 Å². The second-order valence-electron chi connectivity index (χ2n) is 7.12. The zero-order valence-corrected chi connectivity index (χ0v) is 17.1. The zero-order chi connectivity index (χ0) is 17.2. The van der Waals surface area contributed by atoms with Gasteiger partial charge in [-0.25, -0.2) is 0 Å². The van der Waals surface area contributed by atoms with Gasteiger partial charge in [0.25, 0.3) is 0 Å². The van der Waals surface area contributed by atoms with E-state index in [1.54, 1.807) is 6.33 Å². The van der Waals surface area contributed by atoms with Gasteiger partial charge in [0.2, 0.25) is 5.91 Å². The first-order valence-electron chi connectivity index (χ1n) is 9.29. The highest BCUT2D eigenvalue weighted by atomic mass is 35.5. The summed E-state index contributed by atoms with van der Waals surface area (Å²) in [6, 6.07) is 8.29. The number of carbonyl (C=O) groups is 1. The number of aryl methyl sites for hydroxylation is 1. The van der Waals surface area contributed by atoms with Crippen LogP contribution in [0.15, 0.2) is 30.6 Å². The Morgan fingerprint density at radius 2 is 2.11 bits per heavy atom. The predicted octanol–water partition coefficient (Wildman–Crippen LogP) is 3.67. The summed E-state index contributed by atoms with van der Waals surface area (Å²) in [6.45, 7) is 2.87. The Morgan fingerprint density at radius 3 is 2.89 bits per heavy atom. The summed E-state index contributed by atoms with van der Waals surface area (Å²) < 4.78 is 1.99. The van der Waals surface area contributed by atoms with E-state index in [9.17, 15) is 4.79 Å². The van der Waals surface area contributed by atoms with E-state index in [2.05, 4.69) is 27.8 Å². The fraction of sp³-hybridized carbons (Fsp3) is 0.526. The van der Waals surface area contributed by atoms with Crippen LogP contribution in [0, 0.1) is 5.92 Å². The molecule has 1 aliphatic carbocycles. The van der Waals surface area contributed by atoms with Crippen LogP contribution in [0.3, 0.4) is 0 Å². The van der Waals surface area contributed by atoms with E-state index >= 15 is 0 Å². The number of anilines is 1. The van der Waals surface area contributed by atoms with E-state index in [1.165, 1.54) is 25.7 Å². The van der Waals surface area contributed by atoms with Gasteiger partial charge in [-0.1, -0.05) is 25.0 Å². The summed E-state index contributed by atoms with van der Waals surface area (Å²) in [5.41, 5.74) is 1.77. The minimum atomic E-state index is -0.0731. The molecule has 1 aliphatic heterocycles. The van der Waals surface area contributed by atoms with Gasteiger partial charge in [0.05, 0.1) is 6.04 Å². The molecule has 1 aromatic carbocycles. The molecular formula is C19H27Cl2N5O. The van der Waals surface area contributed by atoms with Crippen LogP contribution in [0.5, 0.6) is 0 Å². The van der Waals surface area contributed by atoms with Crippen molar-refractivity contribution in [1.82, 2.24) is 20.1 Å². The van der Waals surface area contributed by atoms with Crippen molar-refractivity contribution in [1.29, 1.82) is 0 Å². The minimum absolute atomic E-state index is 0. The molecule has 0 bridgehead atoms. The Labute approximate surface area is 172 Å². The lowest BCUT2D eigenvalue weighted by atomic mass is 9.85. The minimum Gasteiger partial charge on any atom is -0.325 e. The van der Waals surface area contributed by atoms with Crippen LogP contribution in [0.4, 0.5) is 5.69 Å². The molecule has 4 rings (SSSR count). The molecule has 3 unspecified atom stereocenters. The van der Waals surface area contributed by atoms with Crippen molar-refractivity contribution in [3.63, 3.8) is 0 Å². The lowest BCUT2D eigenvalue weighted by molar-refractivity contribution is -0.117. The molecule has 1 saturated heterocycles. The SMILES string of the molecule is CCn1cnnc1-c1cccc(NC(=O)C2CC3CCCCC3N2)c1.Cl.Cl. The molecule has 1 aromatic heterocycles. The Hall–Kier alpha value is -1.63. The van der Waals surface area contributed by atoms with Crippen LogP contribution >= 0.6 is 24.8 Å². The molecule has 2 aliphatic rings. The highest BCUT2D eigenvalue weighted by Gasteiger charge is 2.38. The number of carbonyl (C=O) groups excluding carboxylic acids is 1. The standard InChI is InChI=1S/C19H25N5O.2ClH/c1-2-24-12-20-23-18(24)14-7-5-8-15(10-14)21-19(25)17-11-13-6-3-4-9-16(13)22-17;;/h5,7-8,10,12-13,16-17,22H,2-4,6,9,11H2,1H3,(H,21,25);2*1H. The number of amides is 1. The monoisotopic (exact) mass is 411 g/mol. The first-order valence-corrected chi connectivity index (χ1v) is 9.29. The molecule has 1 saturated carbocycles. The molecular weight excluding hydrogens is 385 g/mol. The highest BCUT2D eigenvalue weighted by Crippen LogP contribution is 2.33. The molecule has 27 heavy (non-hydrogen) atoms. The van der Waals surface area contributed by atoms with Gasteiger partial charge >= 0.3 is 0 Å². The number of nitrogens with one attached hydrogen (secondary N) is 2. The third-order valence-electron chi connectivity index (χ3n) is 5.52. The maximum atomic E-state index is 12.7. The van der Waals surface area contributed by atoms with E-state index in [0.717, 1.165) is 30.0 Å². The van der Waals surface area contributed by atoms with Crippen LogP contribution in [0.1, 0.15) is 39.0 Å². The Kier molecular flexibility index (Phi) is 7.65. The number of nitrogens with zero attached hydrogens (tertiary/aromatic N) is 3. The van der Waals surface area contributed by atoms with Gasteiger partial charge in [-0.3, -0.25) is 4.79 Å². The average molecular weight is 412 g/mol. The third-order valence-corrected chi connectivity index (χ3v) is 5.52. The molecule has 1 amide bonds. The van der Waals surface area contributed by atoms with Crippen molar-refractivity contribution >= 4 is 36.4 Å². The Balaban J connectivity index is 0.00000131. The van der Waals surface area contributed by atoms with Crippen LogP contribution in [0.2, 0.25) is 0 Å². The number of rotatable bonds is 4. The molecule has 2 heterocycles. The smallest absolute Gasteiger partial charge is 0.241 e. The molecule has 2 aromatic rings. The quantitative estimate of drug-likeness (QED) is 0.804. The lowest BCUT2D eigenvalue weighted by Gasteiger charge is -2.24. The van der Waals surface area contributed by atoms with Gasteiger partial charge < -0.3 is 15.2 Å². The second kappa shape index (κ2) is 9.53. The number of hydrogen-bond donors (Lipinski definition) is 2. The molecule has 3 atom stereocenters. The summed E-state index contributed by atoms with van der Waals surface area (Å²) in [6.07, 6.45) is 7.73. The maximum absolute atomic E-state index is 12.7. The average Bonchev–Trinajstić information content (AvgIpc) is 3.28. The first kappa shape index (κ1) is 21.7. The summed E-state index contributed by atoms with van der Waals surface area (Å²) in [4.78, 5) is 12.7. The fourth-order valence-electron chi connectivity index (χ4n) is 4.20. The van der Waals surface area contributed by atoms with Crippen molar-refractivity contribution in [3.8, 4) is 11.4 Å². The first-order chi connectivity index (χ1) is 12.2. The normalized spacial score (nSPS) is 23.7. The molecule has 0 spiro atoms.